The van der Waals surface area contributed by atoms with Gasteiger partial charge in [0.25, 0.3) is 0 Å². The van der Waals surface area contributed by atoms with Crippen molar-refractivity contribution in [3.8, 4) is 6.07 Å². The molecule has 0 bridgehead atoms. The minimum atomic E-state index is -0.324. The number of pyridine rings is 1. The molecule has 3 rings (SSSR count). The van der Waals surface area contributed by atoms with Crippen molar-refractivity contribution < 1.29 is 4.52 Å². The molecule has 0 saturated heterocycles. The normalized spacial score (nSPS) is 17.6. The van der Waals surface area contributed by atoms with Crippen molar-refractivity contribution in [2.24, 2.45) is 5.73 Å². The quantitative estimate of drug-likeness (QED) is 0.838. The van der Waals surface area contributed by atoms with Gasteiger partial charge in [-0.2, -0.15) is 5.26 Å². The lowest BCUT2D eigenvalue weighted by atomic mass is 9.78. The molecule has 2 aromatic rings. The number of nitrogens with two attached hydrogens (primary N) is 1. The van der Waals surface area contributed by atoms with Crippen LogP contribution in [0.3, 0.4) is 0 Å². The van der Waals surface area contributed by atoms with Crippen LogP contribution < -0.4 is 11.1 Å². The standard InChI is InChI=1S/C16H17N5O/c1-16(2,3)13-12-11(9-5-4-6-19-8-9)10(7-17)14(18)20-15(12)22-21-13/h4-6,8,11,20H,18H2,1-3H3. The molecular formula is C16H17N5O. The van der Waals surface area contributed by atoms with E-state index in [0.717, 1.165) is 16.8 Å². The fourth-order valence-electron chi connectivity index (χ4n) is 2.69. The third-order valence-corrected chi connectivity index (χ3v) is 3.69. The maximum absolute atomic E-state index is 9.55. The summed E-state index contributed by atoms with van der Waals surface area (Å²) in [5.74, 6) is 0.464. The number of fused-ring (bicyclic) bond motifs is 1. The zero-order valence-corrected chi connectivity index (χ0v) is 12.7. The van der Waals surface area contributed by atoms with Gasteiger partial charge in [0.1, 0.15) is 5.82 Å². The van der Waals surface area contributed by atoms with Crippen LogP contribution >= 0.6 is 0 Å². The van der Waals surface area contributed by atoms with Gasteiger partial charge in [-0.1, -0.05) is 32.0 Å². The lowest BCUT2D eigenvalue weighted by Gasteiger charge is -2.26. The van der Waals surface area contributed by atoms with Crippen LogP contribution in [0.1, 0.15) is 43.5 Å². The molecule has 1 atom stereocenters. The van der Waals surface area contributed by atoms with Crippen molar-refractivity contribution in [3.63, 3.8) is 0 Å². The molecule has 0 radical (unpaired) electrons. The Morgan fingerprint density at radius 2 is 2.18 bits per heavy atom. The van der Waals surface area contributed by atoms with Gasteiger partial charge in [0.15, 0.2) is 0 Å². The topological polar surface area (TPSA) is 101 Å². The average Bonchev–Trinajstić information content (AvgIpc) is 2.90. The Hall–Kier alpha value is -2.81. The lowest BCUT2D eigenvalue weighted by molar-refractivity contribution is 0.404. The molecule has 0 spiro atoms. The zero-order valence-electron chi connectivity index (χ0n) is 12.7. The maximum atomic E-state index is 9.55. The minimum Gasteiger partial charge on any atom is -0.384 e. The van der Waals surface area contributed by atoms with Gasteiger partial charge in [-0.3, -0.25) is 4.98 Å². The molecule has 0 fully saturated rings. The maximum Gasteiger partial charge on any atom is 0.234 e. The number of nitriles is 1. The highest BCUT2D eigenvalue weighted by Crippen LogP contribution is 2.45. The third kappa shape index (κ3) is 2.11. The molecule has 3 N–H and O–H groups in total. The van der Waals surface area contributed by atoms with Crippen molar-refractivity contribution in [2.45, 2.75) is 32.1 Å². The van der Waals surface area contributed by atoms with Crippen molar-refractivity contribution in [1.29, 1.82) is 5.26 Å². The number of nitrogens with zero attached hydrogens (tertiary/aromatic N) is 3. The Kier molecular flexibility index (Phi) is 3.14. The molecule has 1 aliphatic heterocycles. The van der Waals surface area contributed by atoms with Gasteiger partial charge in [0.2, 0.25) is 5.88 Å². The first kappa shape index (κ1) is 14.1. The van der Waals surface area contributed by atoms with Crippen LogP contribution in [0, 0.1) is 11.3 Å². The molecule has 1 unspecified atom stereocenters. The Balaban J connectivity index is 2.27. The summed E-state index contributed by atoms with van der Waals surface area (Å²) >= 11 is 0. The molecule has 0 amide bonds. The number of allylic oxidation sites excluding steroid dienone is 1. The molecule has 3 heterocycles. The second kappa shape index (κ2) is 4.88. The SMILES string of the molecule is CC(C)(C)c1noc2c1C(c1cccnc1)C(C#N)=C(N)N2. The van der Waals surface area contributed by atoms with E-state index < -0.39 is 0 Å². The summed E-state index contributed by atoms with van der Waals surface area (Å²) in [6.45, 7) is 6.16. The Morgan fingerprint density at radius 3 is 2.77 bits per heavy atom. The van der Waals surface area contributed by atoms with E-state index in [4.69, 9.17) is 10.3 Å². The number of aromatic nitrogens is 2. The molecular weight excluding hydrogens is 278 g/mol. The number of rotatable bonds is 1. The van der Waals surface area contributed by atoms with Crippen LogP contribution in [0.25, 0.3) is 0 Å². The van der Waals surface area contributed by atoms with Gasteiger partial charge in [0.05, 0.1) is 28.8 Å². The van der Waals surface area contributed by atoms with E-state index in [9.17, 15) is 5.26 Å². The molecule has 1 aliphatic rings. The minimum absolute atomic E-state index is 0.216. The van der Waals surface area contributed by atoms with E-state index in [1.54, 1.807) is 12.4 Å². The Morgan fingerprint density at radius 1 is 1.41 bits per heavy atom. The lowest BCUT2D eigenvalue weighted by Crippen LogP contribution is -2.25. The van der Waals surface area contributed by atoms with Gasteiger partial charge in [-0.25, -0.2) is 0 Å². The molecule has 6 heteroatoms. The van der Waals surface area contributed by atoms with E-state index in [-0.39, 0.29) is 11.3 Å². The number of hydrogen-bond acceptors (Lipinski definition) is 6. The van der Waals surface area contributed by atoms with Crippen LogP contribution in [0.4, 0.5) is 5.88 Å². The van der Waals surface area contributed by atoms with E-state index in [1.807, 2.05) is 12.1 Å². The number of nitrogens with one attached hydrogen (secondary N) is 1. The van der Waals surface area contributed by atoms with Gasteiger partial charge in [-0.05, 0) is 11.6 Å². The van der Waals surface area contributed by atoms with Gasteiger partial charge < -0.3 is 15.6 Å². The zero-order chi connectivity index (χ0) is 15.9. The molecule has 22 heavy (non-hydrogen) atoms. The highest BCUT2D eigenvalue weighted by molar-refractivity contribution is 5.64. The largest absolute Gasteiger partial charge is 0.384 e. The van der Waals surface area contributed by atoms with Crippen LogP contribution in [0.15, 0.2) is 40.4 Å². The summed E-state index contributed by atoms with van der Waals surface area (Å²) in [6, 6.07) is 5.97. The summed E-state index contributed by atoms with van der Waals surface area (Å²) in [4.78, 5) is 4.16. The van der Waals surface area contributed by atoms with E-state index in [0.29, 0.717) is 17.3 Å². The summed E-state index contributed by atoms with van der Waals surface area (Å²) in [5, 5.41) is 16.7. The second-order valence-corrected chi connectivity index (χ2v) is 6.31. The van der Waals surface area contributed by atoms with Gasteiger partial charge >= 0.3 is 0 Å². The van der Waals surface area contributed by atoms with Gasteiger partial charge in [0, 0.05) is 17.8 Å². The van der Waals surface area contributed by atoms with E-state index in [2.05, 4.69) is 42.3 Å². The Labute approximate surface area is 128 Å². The first-order valence-corrected chi connectivity index (χ1v) is 7.00. The van der Waals surface area contributed by atoms with Crippen LogP contribution in [0.5, 0.6) is 0 Å². The predicted molar refractivity (Wildman–Crippen MR) is 81.7 cm³/mol. The van der Waals surface area contributed by atoms with E-state index in [1.165, 1.54) is 0 Å². The highest BCUT2D eigenvalue weighted by Gasteiger charge is 2.38. The fourth-order valence-corrected chi connectivity index (χ4v) is 2.69. The Bertz CT molecular complexity index is 777. The van der Waals surface area contributed by atoms with E-state index >= 15 is 0 Å². The van der Waals surface area contributed by atoms with Crippen molar-refractivity contribution in [2.75, 3.05) is 5.32 Å². The number of anilines is 1. The summed E-state index contributed by atoms with van der Waals surface area (Å²) in [6.07, 6.45) is 3.44. The first-order chi connectivity index (χ1) is 10.4. The first-order valence-electron chi connectivity index (χ1n) is 7.00. The smallest absolute Gasteiger partial charge is 0.234 e. The summed E-state index contributed by atoms with van der Waals surface area (Å²) in [5.41, 5.74) is 8.77. The predicted octanol–water partition coefficient (Wildman–Crippen LogP) is 2.62. The van der Waals surface area contributed by atoms with Crippen molar-refractivity contribution in [1.82, 2.24) is 10.1 Å². The molecule has 0 aliphatic carbocycles. The van der Waals surface area contributed by atoms with Crippen molar-refractivity contribution in [3.05, 3.63) is 52.7 Å². The third-order valence-electron chi connectivity index (χ3n) is 3.69. The fraction of sp³-hybridized carbons (Fsp3) is 0.312. The van der Waals surface area contributed by atoms with Crippen LogP contribution in [-0.4, -0.2) is 10.1 Å². The van der Waals surface area contributed by atoms with Gasteiger partial charge in [-0.15, -0.1) is 0 Å². The van der Waals surface area contributed by atoms with Crippen LogP contribution in [0.2, 0.25) is 0 Å². The van der Waals surface area contributed by atoms with Crippen LogP contribution in [-0.2, 0) is 5.41 Å². The summed E-state index contributed by atoms with van der Waals surface area (Å²) in [7, 11) is 0. The second-order valence-electron chi connectivity index (χ2n) is 6.31. The molecule has 0 saturated carbocycles. The highest BCUT2D eigenvalue weighted by atomic mass is 16.5. The molecule has 2 aromatic heterocycles. The molecule has 6 nitrogen and oxygen atoms in total. The number of hydrogen-bond donors (Lipinski definition) is 2. The average molecular weight is 295 g/mol. The van der Waals surface area contributed by atoms with Crippen molar-refractivity contribution >= 4 is 5.88 Å². The molecule has 0 aromatic carbocycles. The monoisotopic (exact) mass is 295 g/mol. The molecule has 112 valence electrons. The summed E-state index contributed by atoms with van der Waals surface area (Å²) < 4.78 is 5.42.